The highest BCUT2D eigenvalue weighted by Gasteiger charge is 2.32. The summed E-state index contributed by atoms with van der Waals surface area (Å²) in [5, 5.41) is 2.95. The molecule has 0 unspecified atom stereocenters. The van der Waals surface area contributed by atoms with Crippen molar-refractivity contribution in [3.8, 4) is 0 Å². The molecule has 1 aliphatic carbocycles. The van der Waals surface area contributed by atoms with E-state index in [-0.39, 0.29) is 18.6 Å². The summed E-state index contributed by atoms with van der Waals surface area (Å²) in [5.41, 5.74) is 0.858. The van der Waals surface area contributed by atoms with Crippen LogP contribution in [-0.2, 0) is 6.54 Å². The molecule has 2 aliphatic rings. The van der Waals surface area contributed by atoms with Crippen molar-refractivity contribution in [3.05, 3.63) is 35.9 Å². The van der Waals surface area contributed by atoms with Crippen LogP contribution in [0.3, 0.4) is 0 Å². The van der Waals surface area contributed by atoms with E-state index in [4.69, 9.17) is 0 Å². The summed E-state index contributed by atoms with van der Waals surface area (Å²) in [5.74, 6) is 0. The Balaban J connectivity index is 1.52. The third-order valence-electron chi connectivity index (χ3n) is 4.78. The molecule has 0 bridgehead atoms. The summed E-state index contributed by atoms with van der Waals surface area (Å²) in [6.45, 7) is 1.64. The molecule has 1 heterocycles. The van der Waals surface area contributed by atoms with Gasteiger partial charge in [-0.2, -0.15) is 0 Å². The van der Waals surface area contributed by atoms with Gasteiger partial charge in [-0.15, -0.1) is 0 Å². The van der Waals surface area contributed by atoms with Crippen molar-refractivity contribution in [2.45, 2.75) is 50.7 Å². The van der Waals surface area contributed by atoms with Gasteiger partial charge in [-0.05, 0) is 31.2 Å². The molecular formula is C18H25F2N3O. The first-order valence-corrected chi connectivity index (χ1v) is 8.73. The predicted octanol–water partition coefficient (Wildman–Crippen LogP) is 3.09. The maximum Gasteiger partial charge on any atom is 0.318 e. The van der Waals surface area contributed by atoms with Crippen LogP contribution in [0, 0.1) is 0 Å². The number of nitrogens with zero attached hydrogens (tertiary/aromatic N) is 2. The van der Waals surface area contributed by atoms with Gasteiger partial charge in [0.05, 0.1) is 6.54 Å². The quantitative estimate of drug-likeness (QED) is 0.866. The van der Waals surface area contributed by atoms with Gasteiger partial charge >= 0.3 is 6.03 Å². The third-order valence-corrected chi connectivity index (χ3v) is 4.78. The highest BCUT2D eigenvalue weighted by molar-refractivity contribution is 5.74. The Morgan fingerprint density at radius 2 is 1.83 bits per heavy atom. The third kappa shape index (κ3) is 4.90. The Morgan fingerprint density at radius 3 is 2.42 bits per heavy atom. The maximum absolute atomic E-state index is 12.8. The van der Waals surface area contributed by atoms with Crippen molar-refractivity contribution >= 4 is 6.03 Å². The van der Waals surface area contributed by atoms with Crippen LogP contribution in [-0.4, -0.2) is 54.0 Å². The molecule has 6 heteroatoms. The Labute approximate surface area is 141 Å². The average molecular weight is 337 g/mol. The molecule has 2 amide bonds. The summed E-state index contributed by atoms with van der Waals surface area (Å²) >= 11 is 0. The molecule has 132 valence electrons. The molecule has 2 fully saturated rings. The molecule has 1 aromatic carbocycles. The van der Waals surface area contributed by atoms with Crippen LogP contribution in [0.2, 0.25) is 0 Å². The number of amides is 2. The van der Waals surface area contributed by atoms with Gasteiger partial charge in [-0.25, -0.2) is 13.6 Å². The van der Waals surface area contributed by atoms with E-state index >= 15 is 0 Å². The van der Waals surface area contributed by atoms with Gasteiger partial charge in [0.25, 0.3) is 6.43 Å². The molecule has 0 aromatic heterocycles. The number of carbonyl (C=O) groups excluding carboxylic acids is 1. The van der Waals surface area contributed by atoms with Crippen molar-refractivity contribution in [1.29, 1.82) is 0 Å². The number of carbonyl (C=O) groups is 1. The Kier molecular flexibility index (Phi) is 5.66. The zero-order valence-corrected chi connectivity index (χ0v) is 13.8. The van der Waals surface area contributed by atoms with Gasteiger partial charge in [0.2, 0.25) is 0 Å². The summed E-state index contributed by atoms with van der Waals surface area (Å²) < 4.78 is 25.7. The summed E-state index contributed by atoms with van der Waals surface area (Å²) in [6.07, 6.45) is 1.84. The van der Waals surface area contributed by atoms with Crippen molar-refractivity contribution in [3.63, 3.8) is 0 Å². The first-order valence-electron chi connectivity index (χ1n) is 8.73. The van der Waals surface area contributed by atoms with Crippen LogP contribution in [0.25, 0.3) is 0 Å². The second kappa shape index (κ2) is 7.92. The zero-order valence-electron chi connectivity index (χ0n) is 13.8. The number of rotatable bonds is 6. The minimum atomic E-state index is -2.53. The number of hydrogen-bond acceptors (Lipinski definition) is 2. The fraction of sp³-hybridized carbons (Fsp3) is 0.611. The molecule has 0 atom stereocenters. The molecule has 1 aliphatic heterocycles. The van der Waals surface area contributed by atoms with Crippen LogP contribution in [0.1, 0.15) is 31.2 Å². The number of nitrogens with one attached hydrogen (secondary N) is 1. The smallest absolute Gasteiger partial charge is 0.318 e. The lowest BCUT2D eigenvalue weighted by atomic mass is 10.1. The Bertz CT molecular complexity index is 528. The first-order chi connectivity index (χ1) is 11.6. The fourth-order valence-corrected chi connectivity index (χ4v) is 3.30. The first kappa shape index (κ1) is 17.1. The van der Waals surface area contributed by atoms with E-state index in [0.717, 1.165) is 37.5 Å². The Hall–Kier alpha value is -1.69. The number of hydrogen-bond donors (Lipinski definition) is 1. The van der Waals surface area contributed by atoms with Crippen molar-refractivity contribution in [1.82, 2.24) is 15.1 Å². The zero-order chi connectivity index (χ0) is 16.9. The number of urea groups is 1. The van der Waals surface area contributed by atoms with Gasteiger partial charge in [-0.3, -0.25) is 0 Å². The normalized spacial score (nSPS) is 19.5. The van der Waals surface area contributed by atoms with Crippen molar-refractivity contribution < 1.29 is 13.6 Å². The fourth-order valence-electron chi connectivity index (χ4n) is 3.30. The van der Waals surface area contributed by atoms with Crippen LogP contribution in [0.5, 0.6) is 0 Å². The molecule has 0 spiro atoms. The lowest BCUT2D eigenvalue weighted by Crippen LogP contribution is -2.50. The molecule has 24 heavy (non-hydrogen) atoms. The van der Waals surface area contributed by atoms with E-state index < -0.39 is 13.0 Å². The van der Waals surface area contributed by atoms with E-state index in [2.05, 4.69) is 10.2 Å². The van der Waals surface area contributed by atoms with E-state index in [1.807, 2.05) is 30.3 Å². The highest BCUT2D eigenvalue weighted by atomic mass is 19.3. The predicted molar refractivity (Wildman–Crippen MR) is 89.0 cm³/mol. The lowest BCUT2D eigenvalue weighted by Gasteiger charge is -2.33. The highest BCUT2D eigenvalue weighted by Crippen LogP contribution is 2.29. The second-order valence-corrected chi connectivity index (χ2v) is 6.75. The SMILES string of the molecule is O=C(NC1CCN(C2CC2)CC1)N(Cc1ccccc1)CC(F)F. The number of piperidine rings is 1. The van der Waals surface area contributed by atoms with Crippen LogP contribution in [0.15, 0.2) is 30.3 Å². The standard InChI is InChI=1S/C18H25F2N3O/c19-17(20)13-23(12-14-4-2-1-3-5-14)18(24)21-15-8-10-22(11-9-15)16-6-7-16/h1-5,15-17H,6-13H2,(H,21,24). The van der Waals surface area contributed by atoms with Gasteiger partial charge in [-0.1, -0.05) is 30.3 Å². The Morgan fingerprint density at radius 1 is 1.17 bits per heavy atom. The summed E-state index contributed by atoms with van der Waals surface area (Å²) in [4.78, 5) is 16.1. The van der Waals surface area contributed by atoms with Crippen LogP contribution in [0.4, 0.5) is 13.6 Å². The van der Waals surface area contributed by atoms with Gasteiger partial charge in [0.15, 0.2) is 0 Å². The van der Waals surface area contributed by atoms with E-state index in [1.165, 1.54) is 17.7 Å². The van der Waals surface area contributed by atoms with E-state index in [1.54, 1.807) is 0 Å². The van der Waals surface area contributed by atoms with Gasteiger partial charge in [0.1, 0.15) is 0 Å². The second-order valence-electron chi connectivity index (χ2n) is 6.75. The lowest BCUT2D eigenvalue weighted by molar-refractivity contribution is 0.0928. The largest absolute Gasteiger partial charge is 0.335 e. The number of alkyl halides is 2. The molecule has 1 saturated heterocycles. The molecular weight excluding hydrogens is 312 g/mol. The summed E-state index contributed by atoms with van der Waals surface area (Å²) in [6, 6.07) is 9.71. The van der Waals surface area contributed by atoms with Crippen LogP contribution < -0.4 is 5.32 Å². The van der Waals surface area contributed by atoms with E-state index in [0.29, 0.717) is 0 Å². The van der Waals surface area contributed by atoms with Crippen molar-refractivity contribution in [2.75, 3.05) is 19.6 Å². The monoisotopic (exact) mass is 337 g/mol. The topological polar surface area (TPSA) is 35.6 Å². The van der Waals surface area contributed by atoms with Crippen LogP contribution >= 0.6 is 0 Å². The number of likely N-dealkylation sites (tertiary alicyclic amines) is 1. The van der Waals surface area contributed by atoms with Gasteiger partial charge in [0, 0.05) is 31.7 Å². The molecule has 4 nitrogen and oxygen atoms in total. The minimum absolute atomic E-state index is 0.0865. The maximum atomic E-state index is 12.8. The molecule has 3 rings (SSSR count). The number of benzene rings is 1. The van der Waals surface area contributed by atoms with E-state index in [9.17, 15) is 13.6 Å². The minimum Gasteiger partial charge on any atom is -0.335 e. The number of halogens is 2. The molecule has 1 aromatic rings. The molecule has 1 saturated carbocycles. The van der Waals surface area contributed by atoms with Crippen molar-refractivity contribution in [2.24, 2.45) is 0 Å². The summed E-state index contributed by atoms with van der Waals surface area (Å²) in [7, 11) is 0. The molecule has 0 radical (unpaired) electrons. The average Bonchev–Trinajstić information content (AvgIpc) is 3.40. The molecule has 1 N–H and O–H groups in total. The van der Waals surface area contributed by atoms with Gasteiger partial charge < -0.3 is 15.1 Å².